The van der Waals surface area contributed by atoms with Crippen molar-refractivity contribution in [2.45, 2.75) is 25.5 Å². The summed E-state index contributed by atoms with van der Waals surface area (Å²) in [7, 11) is 1.61. The van der Waals surface area contributed by atoms with Gasteiger partial charge in [-0.25, -0.2) is 5.01 Å². The Balaban J connectivity index is 2.41. The Labute approximate surface area is 60.1 Å². The zero-order chi connectivity index (χ0) is 7.40. The molecule has 1 atom stereocenters. The summed E-state index contributed by atoms with van der Waals surface area (Å²) in [5, 5.41) is 4.32. The fourth-order valence-corrected chi connectivity index (χ4v) is 1.22. The second kappa shape index (κ2) is 3.51. The molecule has 1 heterocycles. The molecule has 0 aliphatic carbocycles. The average molecular weight is 144 g/mol. The van der Waals surface area contributed by atoms with E-state index < -0.39 is 0 Å². The van der Waals surface area contributed by atoms with Gasteiger partial charge >= 0.3 is 0 Å². The molecule has 58 valence electrons. The van der Waals surface area contributed by atoms with Crippen LogP contribution in [0.25, 0.3) is 0 Å². The molecular weight excluding hydrogens is 132 g/mol. The molecule has 0 amide bonds. The highest BCUT2D eigenvalue weighted by Gasteiger charge is 2.20. The van der Waals surface area contributed by atoms with Crippen molar-refractivity contribution in [3.63, 3.8) is 0 Å². The van der Waals surface area contributed by atoms with Crippen molar-refractivity contribution in [2.75, 3.05) is 13.7 Å². The van der Waals surface area contributed by atoms with Gasteiger partial charge in [0.05, 0.1) is 5.29 Å². The summed E-state index contributed by atoms with van der Waals surface area (Å²) in [4.78, 5) is 10.1. The standard InChI is InChI=1S/C6H12N2O2/c1-10-6-4-2-3-5-8(6)7-9/h6H,2-5H2,1H3. The fraction of sp³-hybridized carbons (Fsp3) is 1.00. The molecule has 1 fully saturated rings. The highest BCUT2D eigenvalue weighted by Crippen LogP contribution is 2.16. The Kier molecular flexibility index (Phi) is 2.62. The summed E-state index contributed by atoms with van der Waals surface area (Å²) in [6.07, 6.45) is 3.02. The molecule has 1 saturated heterocycles. The SMILES string of the molecule is COC1CCCCN1N=O. The summed E-state index contributed by atoms with van der Waals surface area (Å²) in [6.45, 7) is 0.738. The van der Waals surface area contributed by atoms with Crippen LogP contribution in [0.1, 0.15) is 19.3 Å². The van der Waals surface area contributed by atoms with E-state index in [2.05, 4.69) is 5.29 Å². The Morgan fingerprint density at radius 3 is 2.90 bits per heavy atom. The molecule has 4 nitrogen and oxygen atoms in total. The van der Waals surface area contributed by atoms with Gasteiger partial charge in [-0.1, -0.05) is 0 Å². The van der Waals surface area contributed by atoms with Crippen LogP contribution in [-0.4, -0.2) is 24.9 Å². The highest BCUT2D eigenvalue weighted by atomic mass is 16.5. The summed E-state index contributed by atoms with van der Waals surface area (Å²) in [6, 6.07) is 0. The normalized spacial score (nSPS) is 26.5. The van der Waals surface area contributed by atoms with E-state index in [1.54, 1.807) is 7.11 Å². The molecule has 1 rings (SSSR count). The van der Waals surface area contributed by atoms with E-state index in [9.17, 15) is 4.91 Å². The molecule has 1 unspecified atom stereocenters. The van der Waals surface area contributed by atoms with Crippen molar-refractivity contribution >= 4 is 0 Å². The third kappa shape index (κ3) is 1.44. The molecule has 1 aliphatic rings. The van der Waals surface area contributed by atoms with Crippen LogP contribution >= 0.6 is 0 Å². The van der Waals surface area contributed by atoms with Gasteiger partial charge in [0.15, 0.2) is 0 Å². The highest BCUT2D eigenvalue weighted by molar-refractivity contribution is 4.65. The van der Waals surface area contributed by atoms with Gasteiger partial charge in [0.25, 0.3) is 0 Å². The van der Waals surface area contributed by atoms with Gasteiger partial charge in [-0.3, -0.25) is 0 Å². The van der Waals surface area contributed by atoms with Gasteiger partial charge in [-0.2, -0.15) is 0 Å². The Morgan fingerprint density at radius 2 is 2.40 bits per heavy atom. The van der Waals surface area contributed by atoms with Gasteiger partial charge < -0.3 is 4.74 Å². The minimum Gasteiger partial charge on any atom is -0.360 e. The molecule has 0 aromatic carbocycles. The number of ether oxygens (including phenoxy) is 1. The van der Waals surface area contributed by atoms with Crippen LogP contribution in [0.3, 0.4) is 0 Å². The lowest BCUT2D eigenvalue weighted by Crippen LogP contribution is -2.36. The molecule has 0 saturated carbocycles. The molecule has 0 aromatic heterocycles. The third-order valence-electron chi connectivity index (χ3n) is 1.80. The largest absolute Gasteiger partial charge is 0.360 e. The van der Waals surface area contributed by atoms with Crippen LogP contribution in [0.5, 0.6) is 0 Å². The van der Waals surface area contributed by atoms with E-state index >= 15 is 0 Å². The number of methoxy groups -OCH3 is 1. The molecule has 4 heteroatoms. The smallest absolute Gasteiger partial charge is 0.148 e. The Hall–Kier alpha value is -0.640. The van der Waals surface area contributed by atoms with Gasteiger partial charge in [0, 0.05) is 13.7 Å². The van der Waals surface area contributed by atoms with Crippen molar-refractivity contribution in [3.8, 4) is 0 Å². The van der Waals surface area contributed by atoms with E-state index in [1.165, 1.54) is 5.01 Å². The molecule has 0 aromatic rings. The van der Waals surface area contributed by atoms with Crippen molar-refractivity contribution in [1.82, 2.24) is 5.01 Å². The first-order chi connectivity index (χ1) is 4.88. The average Bonchev–Trinajstić information content (AvgIpc) is 2.04. The minimum atomic E-state index is -0.0775. The lowest BCUT2D eigenvalue weighted by Gasteiger charge is -2.28. The fourth-order valence-electron chi connectivity index (χ4n) is 1.22. The van der Waals surface area contributed by atoms with Crippen molar-refractivity contribution < 1.29 is 4.74 Å². The zero-order valence-corrected chi connectivity index (χ0v) is 6.12. The predicted molar refractivity (Wildman–Crippen MR) is 37.1 cm³/mol. The summed E-state index contributed by atoms with van der Waals surface area (Å²) >= 11 is 0. The summed E-state index contributed by atoms with van der Waals surface area (Å²) in [5.74, 6) is 0. The maximum atomic E-state index is 10.1. The minimum absolute atomic E-state index is 0.0775. The predicted octanol–water partition coefficient (Wildman–Crippen LogP) is 1.13. The van der Waals surface area contributed by atoms with Gasteiger partial charge in [0.2, 0.25) is 0 Å². The quantitative estimate of drug-likeness (QED) is 0.545. The van der Waals surface area contributed by atoms with Crippen molar-refractivity contribution in [1.29, 1.82) is 0 Å². The zero-order valence-electron chi connectivity index (χ0n) is 6.12. The first-order valence-corrected chi connectivity index (χ1v) is 3.51. The Bertz CT molecular complexity index is 118. The van der Waals surface area contributed by atoms with Crippen molar-refractivity contribution in [3.05, 3.63) is 4.91 Å². The first-order valence-electron chi connectivity index (χ1n) is 3.51. The van der Waals surface area contributed by atoms with Gasteiger partial charge in [-0.15, -0.1) is 4.91 Å². The van der Waals surface area contributed by atoms with Crippen LogP contribution < -0.4 is 0 Å². The second-order valence-electron chi connectivity index (χ2n) is 2.43. The van der Waals surface area contributed by atoms with E-state index in [0.29, 0.717) is 0 Å². The van der Waals surface area contributed by atoms with Crippen LogP contribution in [0.4, 0.5) is 0 Å². The molecule has 0 N–H and O–H groups in total. The molecule has 0 spiro atoms. The molecule has 0 bridgehead atoms. The third-order valence-corrected chi connectivity index (χ3v) is 1.80. The van der Waals surface area contributed by atoms with Crippen LogP contribution in [0.2, 0.25) is 0 Å². The molecule has 0 radical (unpaired) electrons. The maximum absolute atomic E-state index is 10.1. The van der Waals surface area contributed by atoms with Crippen LogP contribution in [-0.2, 0) is 4.74 Å². The number of hydrogen-bond donors (Lipinski definition) is 0. The topological polar surface area (TPSA) is 41.9 Å². The van der Waals surface area contributed by atoms with Crippen LogP contribution in [0, 0.1) is 4.91 Å². The van der Waals surface area contributed by atoms with Crippen LogP contribution in [0.15, 0.2) is 5.29 Å². The van der Waals surface area contributed by atoms with Crippen molar-refractivity contribution in [2.24, 2.45) is 5.29 Å². The monoisotopic (exact) mass is 144 g/mol. The van der Waals surface area contributed by atoms with Gasteiger partial charge in [0.1, 0.15) is 6.23 Å². The maximum Gasteiger partial charge on any atom is 0.148 e. The number of nitroso groups, excluding NO2 is 1. The molecule has 10 heavy (non-hydrogen) atoms. The van der Waals surface area contributed by atoms with E-state index in [0.717, 1.165) is 25.8 Å². The number of hydrogen-bond acceptors (Lipinski definition) is 3. The van der Waals surface area contributed by atoms with E-state index in [1.807, 2.05) is 0 Å². The lowest BCUT2D eigenvalue weighted by atomic mass is 10.1. The Morgan fingerprint density at radius 1 is 1.60 bits per heavy atom. The number of piperidine rings is 1. The molecular formula is C6H12N2O2. The molecule has 1 aliphatic heterocycles. The van der Waals surface area contributed by atoms with E-state index in [-0.39, 0.29) is 6.23 Å². The summed E-state index contributed by atoms with van der Waals surface area (Å²) in [5.41, 5.74) is 0. The van der Waals surface area contributed by atoms with E-state index in [4.69, 9.17) is 4.74 Å². The number of nitrogens with zero attached hydrogens (tertiary/aromatic N) is 2. The van der Waals surface area contributed by atoms with Gasteiger partial charge in [-0.05, 0) is 19.3 Å². The number of rotatable bonds is 2. The summed E-state index contributed by atoms with van der Waals surface area (Å²) < 4.78 is 5.03. The first kappa shape index (κ1) is 7.47. The lowest BCUT2D eigenvalue weighted by molar-refractivity contribution is -0.0553. The second-order valence-corrected chi connectivity index (χ2v) is 2.43.